The van der Waals surface area contributed by atoms with Crippen molar-refractivity contribution in [3.05, 3.63) is 28.1 Å². The van der Waals surface area contributed by atoms with Crippen LogP contribution >= 0.6 is 11.3 Å². The van der Waals surface area contributed by atoms with E-state index in [9.17, 15) is 0 Å². The van der Waals surface area contributed by atoms with E-state index in [1.807, 2.05) is 20.0 Å². The number of rotatable bonds is 3. The summed E-state index contributed by atoms with van der Waals surface area (Å²) in [5, 5.41) is 5.23. The van der Waals surface area contributed by atoms with Gasteiger partial charge in [-0.25, -0.2) is 9.97 Å². The van der Waals surface area contributed by atoms with E-state index < -0.39 is 0 Å². The molecule has 2 rings (SSSR count). The lowest BCUT2D eigenvalue weighted by atomic mass is 10.1. The molecular formula is C12H15N3S. The van der Waals surface area contributed by atoms with Crippen LogP contribution in [0.4, 0.5) is 5.95 Å². The molecule has 0 aliphatic heterocycles. The molecule has 16 heavy (non-hydrogen) atoms. The first-order valence-electron chi connectivity index (χ1n) is 5.34. The first-order valence-corrected chi connectivity index (χ1v) is 6.22. The van der Waals surface area contributed by atoms with Crippen molar-refractivity contribution < 1.29 is 0 Å². The van der Waals surface area contributed by atoms with Crippen molar-refractivity contribution in [1.29, 1.82) is 0 Å². The molecule has 0 amide bonds. The van der Waals surface area contributed by atoms with Crippen molar-refractivity contribution in [3.63, 3.8) is 0 Å². The minimum absolute atomic E-state index is 0.703. The number of hydrogen-bond donors (Lipinski definition) is 1. The molecule has 0 radical (unpaired) electrons. The lowest BCUT2D eigenvalue weighted by Gasteiger charge is -2.07. The van der Waals surface area contributed by atoms with Gasteiger partial charge < -0.3 is 5.32 Å². The van der Waals surface area contributed by atoms with E-state index >= 15 is 0 Å². The Morgan fingerprint density at radius 1 is 1.38 bits per heavy atom. The van der Waals surface area contributed by atoms with E-state index in [2.05, 4.69) is 33.7 Å². The number of anilines is 1. The fourth-order valence-corrected chi connectivity index (χ4v) is 2.29. The first-order chi connectivity index (χ1) is 7.72. The fourth-order valence-electron chi connectivity index (χ4n) is 1.59. The molecule has 0 saturated heterocycles. The molecule has 0 atom stereocenters. The predicted molar refractivity (Wildman–Crippen MR) is 69.0 cm³/mol. The number of nitrogens with one attached hydrogen (secondary N) is 1. The SMILES string of the molecule is CCNc1ncc(C)c(-c2ccsc2C)n1. The van der Waals surface area contributed by atoms with Crippen LogP contribution in [0.1, 0.15) is 17.4 Å². The van der Waals surface area contributed by atoms with Gasteiger partial charge in [-0.3, -0.25) is 0 Å². The molecule has 0 aliphatic carbocycles. The van der Waals surface area contributed by atoms with Gasteiger partial charge in [-0.1, -0.05) is 0 Å². The second kappa shape index (κ2) is 4.61. The van der Waals surface area contributed by atoms with Gasteiger partial charge in [0.2, 0.25) is 5.95 Å². The first kappa shape index (κ1) is 11.1. The van der Waals surface area contributed by atoms with Crippen LogP contribution in [-0.2, 0) is 0 Å². The number of aryl methyl sites for hydroxylation is 2. The maximum atomic E-state index is 4.55. The second-order valence-electron chi connectivity index (χ2n) is 3.65. The Labute approximate surface area is 99.6 Å². The van der Waals surface area contributed by atoms with Gasteiger partial charge in [-0.15, -0.1) is 11.3 Å². The molecule has 2 aromatic rings. The number of hydrogen-bond acceptors (Lipinski definition) is 4. The van der Waals surface area contributed by atoms with Crippen molar-refractivity contribution in [3.8, 4) is 11.3 Å². The smallest absolute Gasteiger partial charge is 0.223 e. The molecule has 0 aromatic carbocycles. The molecule has 84 valence electrons. The average molecular weight is 233 g/mol. The lowest BCUT2D eigenvalue weighted by molar-refractivity contribution is 1.07. The molecule has 0 bridgehead atoms. The van der Waals surface area contributed by atoms with Gasteiger partial charge in [-0.05, 0) is 37.8 Å². The third kappa shape index (κ3) is 2.07. The predicted octanol–water partition coefficient (Wildman–Crippen LogP) is 3.25. The molecule has 0 unspecified atom stereocenters. The second-order valence-corrected chi connectivity index (χ2v) is 4.77. The highest BCUT2D eigenvalue weighted by molar-refractivity contribution is 7.10. The Bertz CT molecular complexity index is 491. The minimum Gasteiger partial charge on any atom is -0.354 e. The summed E-state index contributed by atoms with van der Waals surface area (Å²) in [5.41, 5.74) is 3.36. The van der Waals surface area contributed by atoms with Crippen LogP contribution in [-0.4, -0.2) is 16.5 Å². The summed E-state index contributed by atoms with van der Waals surface area (Å²) in [6.45, 7) is 7.04. The maximum absolute atomic E-state index is 4.55. The highest BCUT2D eigenvalue weighted by atomic mass is 32.1. The van der Waals surface area contributed by atoms with Gasteiger partial charge in [0, 0.05) is 23.2 Å². The normalized spacial score (nSPS) is 10.4. The highest BCUT2D eigenvalue weighted by Gasteiger charge is 2.09. The third-order valence-electron chi connectivity index (χ3n) is 2.42. The summed E-state index contributed by atoms with van der Waals surface area (Å²) in [6, 6.07) is 2.12. The van der Waals surface area contributed by atoms with Gasteiger partial charge in [0.25, 0.3) is 0 Å². The Balaban J connectivity index is 2.47. The molecule has 0 aliphatic rings. The zero-order valence-corrected chi connectivity index (χ0v) is 10.6. The number of nitrogens with zero attached hydrogens (tertiary/aromatic N) is 2. The van der Waals surface area contributed by atoms with E-state index in [0.29, 0.717) is 5.95 Å². The highest BCUT2D eigenvalue weighted by Crippen LogP contribution is 2.28. The van der Waals surface area contributed by atoms with Crippen LogP contribution < -0.4 is 5.32 Å². The van der Waals surface area contributed by atoms with Crippen LogP contribution in [0.5, 0.6) is 0 Å². The Morgan fingerprint density at radius 2 is 2.19 bits per heavy atom. The quantitative estimate of drug-likeness (QED) is 0.884. The largest absolute Gasteiger partial charge is 0.354 e. The minimum atomic E-state index is 0.703. The Morgan fingerprint density at radius 3 is 2.81 bits per heavy atom. The van der Waals surface area contributed by atoms with Crippen LogP contribution in [0.2, 0.25) is 0 Å². The monoisotopic (exact) mass is 233 g/mol. The van der Waals surface area contributed by atoms with E-state index in [1.165, 1.54) is 10.4 Å². The molecular weight excluding hydrogens is 218 g/mol. The van der Waals surface area contributed by atoms with E-state index in [1.54, 1.807) is 11.3 Å². The summed E-state index contributed by atoms with van der Waals surface area (Å²) in [4.78, 5) is 10.1. The zero-order valence-electron chi connectivity index (χ0n) is 9.74. The molecule has 4 heteroatoms. The standard InChI is InChI=1S/C12H15N3S/c1-4-13-12-14-7-8(2)11(15-12)10-5-6-16-9(10)3/h5-7H,4H2,1-3H3,(H,13,14,15). The van der Waals surface area contributed by atoms with E-state index in [-0.39, 0.29) is 0 Å². The van der Waals surface area contributed by atoms with Crippen molar-refractivity contribution in [2.24, 2.45) is 0 Å². The van der Waals surface area contributed by atoms with Crippen molar-refractivity contribution in [2.45, 2.75) is 20.8 Å². The molecule has 0 saturated carbocycles. The molecule has 1 N–H and O–H groups in total. The van der Waals surface area contributed by atoms with Crippen LogP contribution in [0.15, 0.2) is 17.6 Å². The van der Waals surface area contributed by atoms with Gasteiger partial charge in [-0.2, -0.15) is 0 Å². The molecule has 2 aromatic heterocycles. The lowest BCUT2D eigenvalue weighted by Crippen LogP contribution is -2.03. The molecule has 2 heterocycles. The summed E-state index contributed by atoms with van der Waals surface area (Å²) >= 11 is 1.75. The van der Waals surface area contributed by atoms with E-state index in [4.69, 9.17) is 0 Å². The van der Waals surface area contributed by atoms with Gasteiger partial charge >= 0.3 is 0 Å². The van der Waals surface area contributed by atoms with Gasteiger partial charge in [0.15, 0.2) is 0 Å². The molecule has 0 spiro atoms. The number of thiophene rings is 1. The summed E-state index contributed by atoms with van der Waals surface area (Å²) < 4.78 is 0. The Kier molecular flexibility index (Phi) is 3.19. The fraction of sp³-hybridized carbons (Fsp3) is 0.333. The number of aromatic nitrogens is 2. The zero-order chi connectivity index (χ0) is 11.5. The summed E-state index contributed by atoms with van der Waals surface area (Å²) in [6.07, 6.45) is 1.87. The summed E-state index contributed by atoms with van der Waals surface area (Å²) in [5.74, 6) is 0.703. The van der Waals surface area contributed by atoms with Crippen molar-refractivity contribution >= 4 is 17.3 Å². The van der Waals surface area contributed by atoms with Gasteiger partial charge in [0.05, 0.1) is 5.69 Å². The van der Waals surface area contributed by atoms with Gasteiger partial charge in [0.1, 0.15) is 0 Å². The molecule has 3 nitrogen and oxygen atoms in total. The van der Waals surface area contributed by atoms with E-state index in [0.717, 1.165) is 17.8 Å². The van der Waals surface area contributed by atoms with Crippen LogP contribution in [0.3, 0.4) is 0 Å². The average Bonchev–Trinajstić information content (AvgIpc) is 2.68. The topological polar surface area (TPSA) is 37.8 Å². The Hall–Kier alpha value is -1.42. The van der Waals surface area contributed by atoms with Crippen LogP contribution in [0, 0.1) is 13.8 Å². The maximum Gasteiger partial charge on any atom is 0.223 e. The van der Waals surface area contributed by atoms with Crippen molar-refractivity contribution in [1.82, 2.24) is 9.97 Å². The van der Waals surface area contributed by atoms with Crippen LogP contribution in [0.25, 0.3) is 11.3 Å². The van der Waals surface area contributed by atoms with Crippen molar-refractivity contribution in [2.75, 3.05) is 11.9 Å². The summed E-state index contributed by atoms with van der Waals surface area (Å²) in [7, 11) is 0. The molecule has 0 fully saturated rings. The third-order valence-corrected chi connectivity index (χ3v) is 3.27.